The standard InChI is InChI=1S/C16H21N3O3S/c1-10(2)22-13-5-6-15(14(17)9-13)23(20,21)19-16-8-11(3)7-12(4)18-16/h5-10H,17H2,1-4H3,(H,18,19). The molecule has 0 saturated carbocycles. The predicted molar refractivity (Wildman–Crippen MR) is 91.1 cm³/mol. The zero-order chi connectivity index (χ0) is 17.2. The van der Waals surface area contributed by atoms with Crippen LogP contribution in [0.2, 0.25) is 0 Å². The summed E-state index contributed by atoms with van der Waals surface area (Å²) in [4.78, 5) is 4.17. The first kappa shape index (κ1) is 17.1. The zero-order valence-electron chi connectivity index (χ0n) is 13.6. The first-order chi connectivity index (χ1) is 10.7. The van der Waals surface area contributed by atoms with Gasteiger partial charge in [0.15, 0.2) is 0 Å². The van der Waals surface area contributed by atoms with Crippen molar-refractivity contribution in [3.8, 4) is 5.75 Å². The molecule has 0 spiro atoms. The molecule has 0 saturated heterocycles. The van der Waals surface area contributed by atoms with Crippen LogP contribution in [0.15, 0.2) is 35.2 Å². The number of hydrogen-bond donors (Lipinski definition) is 2. The molecule has 2 aromatic rings. The van der Waals surface area contributed by atoms with Crippen LogP contribution in [0.25, 0.3) is 0 Å². The second-order valence-corrected chi connectivity index (χ2v) is 7.29. The van der Waals surface area contributed by atoms with Crippen molar-refractivity contribution in [1.29, 1.82) is 0 Å². The number of hydrogen-bond acceptors (Lipinski definition) is 5. The zero-order valence-corrected chi connectivity index (χ0v) is 14.4. The van der Waals surface area contributed by atoms with Crippen molar-refractivity contribution >= 4 is 21.5 Å². The maximum absolute atomic E-state index is 12.5. The first-order valence-electron chi connectivity index (χ1n) is 7.21. The summed E-state index contributed by atoms with van der Waals surface area (Å²) < 4.78 is 33.0. The number of rotatable bonds is 5. The highest BCUT2D eigenvalue weighted by Crippen LogP contribution is 2.26. The van der Waals surface area contributed by atoms with Crippen LogP contribution >= 0.6 is 0 Å². The van der Waals surface area contributed by atoms with Gasteiger partial charge in [-0.3, -0.25) is 4.72 Å². The quantitative estimate of drug-likeness (QED) is 0.819. The van der Waals surface area contributed by atoms with Gasteiger partial charge in [0, 0.05) is 11.8 Å². The SMILES string of the molecule is Cc1cc(C)nc(NS(=O)(=O)c2ccc(OC(C)C)cc2N)c1. The topological polar surface area (TPSA) is 94.3 Å². The molecule has 0 unspecified atom stereocenters. The Morgan fingerprint density at radius 3 is 2.43 bits per heavy atom. The van der Waals surface area contributed by atoms with E-state index in [4.69, 9.17) is 10.5 Å². The molecule has 1 heterocycles. The highest BCUT2D eigenvalue weighted by molar-refractivity contribution is 7.92. The van der Waals surface area contributed by atoms with Crippen LogP contribution in [0, 0.1) is 13.8 Å². The molecule has 1 aromatic carbocycles. The van der Waals surface area contributed by atoms with Gasteiger partial charge in [-0.2, -0.15) is 0 Å². The van der Waals surface area contributed by atoms with E-state index in [1.54, 1.807) is 19.1 Å². The number of nitrogens with one attached hydrogen (secondary N) is 1. The van der Waals surface area contributed by atoms with E-state index < -0.39 is 10.0 Å². The number of benzene rings is 1. The molecule has 6 nitrogen and oxygen atoms in total. The molecule has 0 aliphatic heterocycles. The van der Waals surface area contributed by atoms with Crippen molar-refractivity contribution in [2.24, 2.45) is 0 Å². The summed E-state index contributed by atoms with van der Waals surface area (Å²) >= 11 is 0. The second-order valence-electron chi connectivity index (χ2n) is 5.64. The Balaban J connectivity index is 2.32. The number of pyridine rings is 1. The van der Waals surface area contributed by atoms with E-state index in [-0.39, 0.29) is 22.5 Å². The molecular weight excluding hydrogens is 314 g/mol. The van der Waals surface area contributed by atoms with Crippen LogP contribution in [-0.4, -0.2) is 19.5 Å². The lowest BCUT2D eigenvalue weighted by atomic mass is 10.2. The fourth-order valence-electron chi connectivity index (χ4n) is 2.20. The summed E-state index contributed by atoms with van der Waals surface area (Å²) in [7, 11) is -3.82. The Bertz CT molecular complexity index is 797. The normalized spacial score (nSPS) is 11.5. The summed E-state index contributed by atoms with van der Waals surface area (Å²) in [5.74, 6) is 0.797. The van der Waals surface area contributed by atoms with E-state index in [0.717, 1.165) is 11.3 Å². The first-order valence-corrected chi connectivity index (χ1v) is 8.70. The molecule has 0 amide bonds. The van der Waals surface area contributed by atoms with Gasteiger partial charge >= 0.3 is 0 Å². The van der Waals surface area contributed by atoms with Crippen molar-refractivity contribution in [2.45, 2.75) is 38.7 Å². The minimum atomic E-state index is -3.82. The van der Waals surface area contributed by atoms with E-state index in [1.807, 2.05) is 26.8 Å². The summed E-state index contributed by atoms with van der Waals surface area (Å²) in [5.41, 5.74) is 7.66. The molecule has 124 valence electrons. The number of ether oxygens (including phenoxy) is 1. The number of nitrogens with two attached hydrogens (primary N) is 1. The predicted octanol–water partition coefficient (Wildman–Crippen LogP) is 2.87. The van der Waals surface area contributed by atoms with Crippen molar-refractivity contribution in [1.82, 2.24) is 4.98 Å². The Hall–Kier alpha value is -2.28. The molecule has 23 heavy (non-hydrogen) atoms. The lowest BCUT2D eigenvalue weighted by Crippen LogP contribution is -2.16. The largest absolute Gasteiger partial charge is 0.491 e. The molecule has 0 fully saturated rings. The van der Waals surface area contributed by atoms with E-state index in [2.05, 4.69) is 9.71 Å². The van der Waals surface area contributed by atoms with Gasteiger partial charge in [-0.1, -0.05) is 0 Å². The molecular formula is C16H21N3O3S. The summed E-state index contributed by atoms with van der Waals surface area (Å²) in [6.07, 6.45) is -0.0190. The third-order valence-corrected chi connectivity index (χ3v) is 4.41. The van der Waals surface area contributed by atoms with Crippen LogP contribution in [0.4, 0.5) is 11.5 Å². The van der Waals surface area contributed by atoms with Crippen LogP contribution in [0.1, 0.15) is 25.1 Å². The number of nitrogens with zero attached hydrogens (tertiary/aromatic N) is 1. The fourth-order valence-corrected chi connectivity index (χ4v) is 3.31. The molecule has 0 radical (unpaired) electrons. The molecule has 7 heteroatoms. The van der Waals surface area contributed by atoms with E-state index in [9.17, 15) is 8.42 Å². The lowest BCUT2D eigenvalue weighted by molar-refractivity contribution is 0.242. The highest BCUT2D eigenvalue weighted by Gasteiger charge is 2.19. The lowest BCUT2D eigenvalue weighted by Gasteiger charge is -2.13. The summed E-state index contributed by atoms with van der Waals surface area (Å²) in [5, 5.41) is 0. The van der Waals surface area contributed by atoms with Gasteiger partial charge in [0.25, 0.3) is 10.0 Å². The highest BCUT2D eigenvalue weighted by atomic mass is 32.2. The molecule has 0 aliphatic carbocycles. The van der Waals surface area contributed by atoms with Crippen LogP contribution < -0.4 is 15.2 Å². The average molecular weight is 335 g/mol. The molecule has 3 N–H and O–H groups in total. The molecule has 2 rings (SSSR count). The van der Waals surface area contributed by atoms with Crippen LogP contribution in [0.3, 0.4) is 0 Å². The van der Waals surface area contributed by atoms with Crippen molar-refractivity contribution in [3.05, 3.63) is 41.6 Å². The van der Waals surface area contributed by atoms with Gasteiger partial charge in [0.2, 0.25) is 0 Å². The number of anilines is 2. The smallest absolute Gasteiger partial charge is 0.265 e. The second kappa shape index (κ2) is 6.45. The minimum absolute atomic E-state index is 0.00503. The maximum Gasteiger partial charge on any atom is 0.265 e. The summed E-state index contributed by atoms with van der Waals surface area (Å²) in [6.45, 7) is 7.44. The number of sulfonamides is 1. The van der Waals surface area contributed by atoms with E-state index in [1.165, 1.54) is 12.1 Å². The minimum Gasteiger partial charge on any atom is -0.491 e. The van der Waals surface area contributed by atoms with Gasteiger partial charge < -0.3 is 10.5 Å². The summed E-state index contributed by atoms with van der Waals surface area (Å²) in [6, 6.07) is 8.04. The van der Waals surface area contributed by atoms with Gasteiger partial charge in [-0.25, -0.2) is 13.4 Å². The third kappa shape index (κ3) is 4.35. The van der Waals surface area contributed by atoms with E-state index >= 15 is 0 Å². The van der Waals surface area contributed by atoms with Crippen molar-refractivity contribution in [2.75, 3.05) is 10.5 Å². The average Bonchev–Trinajstić information content (AvgIpc) is 2.35. The van der Waals surface area contributed by atoms with Crippen LogP contribution in [-0.2, 0) is 10.0 Å². The molecule has 1 aromatic heterocycles. The van der Waals surface area contributed by atoms with Gasteiger partial charge in [0.05, 0.1) is 11.8 Å². The van der Waals surface area contributed by atoms with Crippen molar-refractivity contribution in [3.63, 3.8) is 0 Å². The number of aryl methyl sites for hydroxylation is 2. The third-order valence-electron chi connectivity index (χ3n) is 2.98. The number of nitrogen functional groups attached to an aromatic ring is 1. The monoisotopic (exact) mass is 335 g/mol. The Morgan fingerprint density at radius 1 is 1.17 bits per heavy atom. The van der Waals surface area contributed by atoms with Crippen molar-refractivity contribution < 1.29 is 13.2 Å². The molecule has 0 atom stereocenters. The Morgan fingerprint density at radius 2 is 1.87 bits per heavy atom. The van der Waals surface area contributed by atoms with Gasteiger partial charge in [-0.05, 0) is 57.5 Å². The van der Waals surface area contributed by atoms with E-state index in [0.29, 0.717) is 5.75 Å². The number of aromatic nitrogens is 1. The maximum atomic E-state index is 12.5. The fraction of sp³-hybridized carbons (Fsp3) is 0.312. The molecule has 0 aliphatic rings. The Labute approximate surface area is 136 Å². The van der Waals surface area contributed by atoms with Crippen LogP contribution in [0.5, 0.6) is 5.75 Å². The van der Waals surface area contributed by atoms with Gasteiger partial charge in [-0.15, -0.1) is 0 Å². The Kier molecular flexibility index (Phi) is 4.79. The van der Waals surface area contributed by atoms with Gasteiger partial charge in [0.1, 0.15) is 16.5 Å². The molecule has 0 bridgehead atoms.